The number of likely N-dealkylation sites (tertiary alicyclic amines) is 1. The Hall–Kier alpha value is -1.56. The molecule has 5 nitrogen and oxygen atoms in total. The van der Waals surface area contributed by atoms with Gasteiger partial charge in [-0.25, -0.2) is 0 Å². The fraction of sp³-hybridized carbons (Fsp3) is 0.385. The molecule has 0 unspecified atom stereocenters. The zero-order valence-electron chi connectivity index (χ0n) is 10.6. The van der Waals surface area contributed by atoms with Crippen LogP contribution in [0.1, 0.15) is 12.8 Å². The van der Waals surface area contributed by atoms with Crippen LogP contribution in [0.25, 0.3) is 0 Å². The number of carbonyl (C=O) groups is 2. The summed E-state index contributed by atoms with van der Waals surface area (Å²) in [7, 11) is 1.57. The fourth-order valence-electron chi connectivity index (χ4n) is 1.96. The standard InChI is InChI=1S/C13H15BrN2O3/c1-19-9-4-5-10(14)11(7-9)15-12(17)8-16-6-2-3-13(16)18/h4-5,7H,2-3,6,8H2,1H3,(H,15,17). The average molecular weight is 327 g/mol. The second-order valence-corrected chi connectivity index (χ2v) is 5.17. The topological polar surface area (TPSA) is 58.6 Å². The average Bonchev–Trinajstić information content (AvgIpc) is 2.78. The van der Waals surface area contributed by atoms with Gasteiger partial charge in [0.2, 0.25) is 11.8 Å². The molecule has 1 aliphatic heterocycles. The molecule has 1 aromatic rings. The maximum absolute atomic E-state index is 11.9. The first-order valence-corrected chi connectivity index (χ1v) is 6.80. The lowest BCUT2D eigenvalue weighted by atomic mass is 10.3. The number of rotatable bonds is 4. The number of nitrogens with one attached hydrogen (secondary N) is 1. The molecule has 1 heterocycles. The van der Waals surface area contributed by atoms with Gasteiger partial charge in [-0.3, -0.25) is 9.59 Å². The Morgan fingerprint density at radius 1 is 1.53 bits per heavy atom. The summed E-state index contributed by atoms with van der Waals surface area (Å²) >= 11 is 3.36. The Morgan fingerprint density at radius 2 is 2.32 bits per heavy atom. The Morgan fingerprint density at radius 3 is 2.95 bits per heavy atom. The van der Waals surface area contributed by atoms with Gasteiger partial charge >= 0.3 is 0 Å². The highest BCUT2D eigenvalue weighted by atomic mass is 79.9. The van der Waals surface area contributed by atoms with E-state index in [-0.39, 0.29) is 18.4 Å². The minimum atomic E-state index is -0.204. The summed E-state index contributed by atoms with van der Waals surface area (Å²) in [5, 5.41) is 2.77. The third-order valence-corrected chi connectivity index (χ3v) is 3.64. The van der Waals surface area contributed by atoms with Crippen LogP contribution in [0.2, 0.25) is 0 Å². The lowest BCUT2D eigenvalue weighted by molar-refractivity contribution is -0.131. The molecular weight excluding hydrogens is 312 g/mol. The number of halogens is 1. The van der Waals surface area contributed by atoms with E-state index >= 15 is 0 Å². The van der Waals surface area contributed by atoms with Crippen LogP contribution in [0.15, 0.2) is 22.7 Å². The van der Waals surface area contributed by atoms with E-state index < -0.39 is 0 Å². The number of anilines is 1. The number of amides is 2. The summed E-state index contributed by atoms with van der Waals surface area (Å²) in [6.45, 7) is 0.758. The number of carbonyl (C=O) groups excluding carboxylic acids is 2. The highest BCUT2D eigenvalue weighted by Gasteiger charge is 2.22. The number of nitrogens with zero attached hydrogens (tertiary/aromatic N) is 1. The van der Waals surface area contributed by atoms with E-state index in [1.807, 2.05) is 0 Å². The Balaban J connectivity index is 2.00. The molecule has 2 rings (SSSR count). The van der Waals surface area contributed by atoms with Crippen molar-refractivity contribution < 1.29 is 14.3 Å². The van der Waals surface area contributed by atoms with Crippen molar-refractivity contribution in [3.05, 3.63) is 22.7 Å². The van der Waals surface area contributed by atoms with E-state index in [1.54, 1.807) is 30.2 Å². The maximum Gasteiger partial charge on any atom is 0.244 e. The van der Waals surface area contributed by atoms with Crippen molar-refractivity contribution >= 4 is 33.4 Å². The predicted octanol–water partition coefficient (Wildman–Crippen LogP) is 2.02. The number of methoxy groups -OCH3 is 1. The lowest BCUT2D eigenvalue weighted by Crippen LogP contribution is -2.34. The maximum atomic E-state index is 11.9. The third kappa shape index (κ3) is 3.47. The molecule has 1 saturated heterocycles. The van der Waals surface area contributed by atoms with Crippen molar-refractivity contribution in [2.24, 2.45) is 0 Å². The van der Waals surface area contributed by atoms with Crippen LogP contribution in [-0.2, 0) is 9.59 Å². The van der Waals surface area contributed by atoms with Crippen LogP contribution in [0.3, 0.4) is 0 Å². The molecule has 0 bridgehead atoms. The quantitative estimate of drug-likeness (QED) is 0.920. The molecule has 6 heteroatoms. The minimum absolute atomic E-state index is 0.0415. The van der Waals surface area contributed by atoms with Crippen molar-refractivity contribution in [1.29, 1.82) is 0 Å². The van der Waals surface area contributed by atoms with Gasteiger partial charge in [0.25, 0.3) is 0 Å². The van der Waals surface area contributed by atoms with E-state index in [4.69, 9.17) is 4.74 Å². The second-order valence-electron chi connectivity index (χ2n) is 4.31. The van der Waals surface area contributed by atoms with Crippen LogP contribution in [0.4, 0.5) is 5.69 Å². The van der Waals surface area contributed by atoms with E-state index in [1.165, 1.54) is 0 Å². The van der Waals surface area contributed by atoms with E-state index in [9.17, 15) is 9.59 Å². The van der Waals surface area contributed by atoms with Crippen LogP contribution in [0.5, 0.6) is 5.75 Å². The van der Waals surface area contributed by atoms with Crippen molar-refractivity contribution in [3.63, 3.8) is 0 Å². The van der Waals surface area contributed by atoms with Crippen molar-refractivity contribution in [1.82, 2.24) is 4.90 Å². The molecule has 0 aliphatic carbocycles. The molecular formula is C13H15BrN2O3. The molecule has 1 fully saturated rings. The predicted molar refractivity (Wildman–Crippen MR) is 75.1 cm³/mol. The minimum Gasteiger partial charge on any atom is -0.497 e. The molecule has 0 aromatic heterocycles. The van der Waals surface area contributed by atoms with Gasteiger partial charge in [-0.2, -0.15) is 0 Å². The molecule has 1 N–H and O–H groups in total. The zero-order valence-corrected chi connectivity index (χ0v) is 12.2. The van der Waals surface area contributed by atoms with Gasteiger partial charge in [-0.1, -0.05) is 0 Å². The van der Waals surface area contributed by atoms with Gasteiger partial charge in [0.1, 0.15) is 5.75 Å². The fourth-order valence-corrected chi connectivity index (χ4v) is 2.31. The van der Waals surface area contributed by atoms with Gasteiger partial charge in [-0.15, -0.1) is 0 Å². The molecule has 1 aromatic carbocycles. The smallest absolute Gasteiger partial charge is 0.244 e. The number of benzene rings is 1. The number of hydrogen-bond donors (Lipinski definition) is 1. The Kier molecular flexibility index (Phi) is 4.42. The van der Waals surface area contributed by atoms with Crippen LogP contribution in [0, 0.1) is 0 Å². The molecule has 0 saturated carbocycles. The van der Waals surface area contributed by atoms with E-state index in [2.05, 4.69) is 21.2 Å². The van der Waals surface area contributed by atoms with Crippen molar-refractivity contribution in [2.75, 3.05) is 25.5 Å². The SMILES string of the molecule is COc1ccc(Br)c(NC(=O)CN2CCCC2=O)c1. The van der Waals surface area contributed by atoms with Gasteiger partial charge < -0.3 is 15.0 Å². The summed E-state index contributed by atoms with van der Waals surface area (Å²) < 4.78 is 5.88. The molecule has 2 amide bonds. The van der Waals surface area contributed by atoms with Gasteiger partial charge in [0.05, 0.1) is 19.3 Å². The summed E-state index contributed by atoms with van der Waals surface area (Å²) in [6, 6.07) is 5.33. The summed E-state index contributed by atoms with van der Waals surface area (Å²) in [5.41, 5.74) is 0.635. The first-order chi connectivity index (χ1) is 9.10. The monoisotopic (exact) mass is 326 g/mol. The molecule has 1 aliphatic rings. The van der Waals surface area contributed by atoms with Gasteiger partial charge in [-0.05, 0) is 34.5 Å². The Labute approximate surface area is 120 Å². The normalized spacial score (nSPS) is 14.6. The molecule has 0 atom stereocenters. The molecule has 102 valence electrons. The molecule has 0 radical (unpaired) electrons. The summed E-state index contributed by atoms with van der Waals surface area (Å²) in [6.07, 6.45) is 1.37. The number of hydrogen-bond acceptors (Lipinski definition) is 3. The van der Waals surface area contributed by atoms with Crippen LogP contribution in [-0.4, -0.2) is 36.9 Å². The van der Waals surface area contributed by atoms with E-state index in [0.717, 1.165) is 10.9 Å². The zero-order chi connectivity index (χ0) is 13.8. The molecule has 0 spiro atoms. The summed E-state index contributed by atoms with van der Waals surface area (Å²) in [5.74, 6) is 0.500. The van der Waals surface area contributed by atoms with Crippen LogP contribution >= 0.6 is 15.9 Å². The van der Waals surface area contributed by atoms with Crippen molar-refractivity contribution in [3.8, 4) is 5.75 Å². The highest BCUT2D eigenvalue weighted by molar-refractivity contribution is 9.10. The third-order valence-electron chi connectivity index (χ3n) is 2.95. The first kappa shape index (κ1) is 13.9. The summed E-state index contributed by atoms with van der Waals surface area (Å²) in [4.78, 5) is 24.9. The van der Waals surface area contributed by atoms with Gasteiger partial charge in [0, 0.05) is 23.5 Å². The largest absolute Gasteiger partial charge is 0.497 e. The second kappa shape index (κ2) is 6.06. The van der Waals surface area contributed by atoms with E-state index in [0.29, 0.717) is 24.4 Å². The molecule has 19 heavy (non-hydrogen) atoms. The van der Waals surface area contributed by atoms with Crippen LogP contribution < -0.4 is 10.1 Å². The first-order valence-electron chi connectivity index (χ1n) is 6.01. The number of ether oxygens (including phenoxy) is 1. The van der Waals surface area contributed by atoms with Gasteiger partial charge in [0.15, 0.2) is 0 Å². The lowest BCUT2D eigenvalue weighted by Gasteiger charge is -2.15. The van der Waals surface area contributed by atoms with Crippen molar-refractivity contribution in [2.45, 2.75) is 12.8 Å². The highest BCUT2D eigenvalue weighted by Crippen LogP contribution is 2.27. The Bertz CT molecular complexity index is 505.